The van der Waals surface area contributed by atoms with Gasteiger partial charge in [0.05, 0.1) is 16.7 Å². The fourth-order valence-corrected chi connectivity index (χ4v) is 2.45. The maximum Gasteiger partial charge on any atom is 0.349 e. The lowest BCUT2D eigenvalue weighted by molar-refractivity contribution is 0.112. The van der Waals surface area contributed by atoms with Crippen LogP contribution >= 0.6 is 10.5 Å². The molecule has 0 aliphatic heterocycles. The van der Waals surface area contributed by atoms with E-state index in [1.54, 1.807) is 12.4 Å². The molecule has 0 aliphatic rings. The number of carbonyl (C=O) groups is 1. The van der Waals surface area contributed by atoms with Crippen molar-refractivity contribution >= 4 is 16.8 Å². The topological polar surface area (TPSA) is 45.8 Å². The van der Waals surface area contributed by atoms with Crippen LogP contribution in [0.1, 0.15) is 9.67 Å². The zero-order valence-corrected chi connectivity index (χ0v) is 7.04. The van der Waals surface area contributed by atoms with Gasteiger partial charge in [-0.3, -0.25) is 4.79 Å². The number of imidazole rings is 1. The van der Waals surface area contributed by atoms with Crippen molar-refractivity contribution < 1.29 is 4.79 Å². The summed E-state index contributed by atoms with van der Waals surface area (Å²) in [4.78, 5) is 18.4. The number of carbonyl (C=O) groups excluding carboxylic acids is 1. The highest BCUT2D eigenvalue weighted by molar-refractivity contribution is 7.38. The number of nitrogens with one attached hydrogen (secondary N) is 1. The minimum atomic E-state index is -0.252. The number of aromatic nitrogens is 2. The highest BCUT2D eigenvalue weighted by Gasteiger charge is 2.16. The van der Waals surface area contributed by atoms with Gasteiger partial charge in [-0.1, -0.05) is 0 Å². The van der Waals surface area contributed by atoms with Crippen molar-refractivity contribution in [3.63, 3.8) is 0 Å². The fraction of sp³-hybridized carbons (Fsp3) is 0. The smallest absolute Gasteiger partial charge is 0.300 e. The van der Waals surface area contributed by atoms with Crippen LogP contribution < -0.4 is 0 Å². The van der Waals surface area contributed by atoms with Gasteiger partial charge >= 0.3 is 5.16 Å². The van der Waals surface area contributed by atoms with E-state index >= 15 is 0 Å². The molecule has 2 heterocycles. The Bertz CT molecular complexity index is 377. The van der Waals surface area contributed by atoms with Crippen molar-refractivity contribution in [1.82, 2.24) is 9.97 Å². The summed E-state index contributed by atoms with van der Waals surface area (Å²) in [5.41, 5.74) is 0. The second-order valence-electron chi connectivity index (χ2n) is 2.25. The Morgan fingerprint density at radius 2 is 2.50 bits per heavy atom. The third kappa shape index (κ3) is 1.06. The first-order valence-electron chi connectivity index (χ1n) is 3.48. The van der Waals surface area contributed by atoms with Crippen LogP contribution in [0.2, 0.25) is 0 Å². The predicted molar refractivity (Wildman–Crippen MR) is 47.8 cm³/mol. The summed E-state index contributed by atoms with van der Waals surface area (Å²) in [6.45, 7) is 0. The summed E-state index contributed by atoms with van der Waals surface area (Å²) >= 11 is 0. The highest BCUT2D eigenvalue weighted by atomic mass is 32.2. The quantitative estimate of drug-likeness (QED) is 0.565. The highest BCUT2D eigenvalue weighted by Crippen LogP contribution is 2.30. The summed E-state index contributed by atoms with van der Waals surface area (Å²) in [7, 11) is -0.252. The summed E-state index contributed by atoms with van der Waals surface area (Å²) in [5.74, 6) is 0. The zero-order valence-electron chi connectivity index (χ0n) is 6.23. The molecule has 0 saturated carbocycles. The molecule has 0 aliphatic carbocycles. The molecule has 0 saturated heterocycles. The zero-order chi connectivity index (χ0) is 8.39. The Morgan fingerprint density at radius 3 is 3.17 bits per heavy atom. The van der Waals surface area contributed by atoms with Gasteiger partial charge in [-0.05, 0) is 6.07 Å². The molecular formula is C8H7N2OS+. The molecule has 0 fully saturated rings. The van der Waals surface area contributed by atoms with Gasteiger partial charge in [-0.25, -0.2) is 0 Å². The van der Waals surface area contributed by atoms with E-state index in [0.29, 0.717) is 0 Å². The molecule has 2 aromatic rings. The minimum absolute atomic E-state index is 0.252. The molecule has 0 spiro atoms. The van der Waals surface area contributed by atoms with Crippen molar-refractivity contribution in [2.24, 2.45) is 0 Å². The standard InChI is InChI=1S/C8H7N2OS/c11-6-7-2-1-5-12(7)8-9-3-4-10-8/h1-6H,(H,9,10)/q+1. The normalized spacial score (nSPS) is 11.5. The lowest BCUT2D eigenvalue weighted by atomic mass is 10.5. The lowest BCUT2D eigenvalue weighted by Gasteiger charge is -1.80. The first kappa shape index (κ1) is 7.24. The molecule has 12 heavy (non-hydrogen) atoms. The number of hydrogen-bond donors (Lipinski definition) is 1. The Labute approximate surface area is 72.1 Å². The van der Waals surface area contributed by atoms with E-state index in [2.05, 4.69) is 9.97 Å². The van der Waals surface area contributed by atoms with Gasteiger partial charge in [0.2, 0.25) is 11.2 Å². The van der Waals surface area contributed by atoms with Gasteiger partial charge in [-0.2, -0.15) is 4.98 Å². The Balaban J connectivity index is 2.53. The number of nitrogens with zero attached hydrogens (tertiary/aromatic N) is 1. The fourth-order valence-electron chi connectivity index (χ4n) is 1.00. The number of rotatable bonds is 2. The Morgan fingerprint density at radius 1 is 1.58 bits per heavy atom. The van der Waals surface area contributed by atoms with Crippen LogP contribution in [-0.4, -0.2) is 16.3 Å². The predicted octanol–water partition coefficient (Wildman–Crippen LogP) is 1.96. The van der Waals surface area contributed by atoms with E-state index in [9.17, 15) is 4.79 Å². The maximum atomic E-state index is 10.6. The number of aldehydes is 1. The van der Waals surface area contributed by atoms with Crippen LogP contribution in [0.3, 0.4) is 0 Å². The lowest BCUT2D eigenvalue weighted by Crippen LogP contribution is -1.76. The van der Waals surface area contributed by atoms with Crippen LogP contribution in [0.15, 0.2) is 29.9 Å². The van der Waals surface area contributed by atoms with Crippen molar-refractivity contribution in [2.45, 2.75) is 0 Å². The molecule has 2 aromatic heterocycles. The largest absolute Gasteiger partial charge is 0.349 e. The van der Waals surface area contributed by atoms with Gasteiger partial charge in [0.25, 0.3) is 0 Å². The second kappa shape index (κ2) is 2.91. The van der Waals surface area contributed by atoms with Gasteiger partial charge in [-0.15, -0.1) is 0 Å². The van der Waals surface area contributed by atoms with Crippen LogP contribution in [-0.2, 0) is 0 Å². The molecule has 0 bridgehead atoms. The summed E-state index contributed by atoms with van der Waals surface area (Å²) in [6.07, 6.45) is 4.33. The number of aromatic amines is 1. The minimum Gasteiger partial charge on any atom is -0.300 e. The van der Waals surface area contributed by atoms with E-state index in [-0.39, 0.29) is 10.5 Å². The first-order chi connectivity index (χ1) is 5.92. The van der Waals surface area contributed by atoms with Gasteiger partial charge in [0.15, 0.2) is 0 Å². The molecule has 60 valence electrons. The van der Waals surface area contributed by atoms with E-state index in [1.165, 1.54) is 0 Å². The van der Waals surface area contributed by atoms with E-state index < -0.39 is 0 Å². The molecule has 1 atom stereocenters. The molecular weight excluding hydrogens is 172 g/mol. The van der Waals surface area contributed by atoms with Crippen molar-refractivity contribution in [1.29, 1.82) is 0 Å². The monoisotopic (exact) mass is 179 g/mol. The van der Waals surface area contributed by atoms with Crippen LogP contribution in [0, 0.1) is 0 Å². The Kier molecular flexibility index (Phi) is 1.75. The van der Waals surface area contributed by atoms with Crippen LogP contribution in [0.5, 0.6) is 0 Å². The first-order valence-corrected chi connectivity index (χ1v) is 4.77. The van der Waals surface area contributed by atoms with Crippen molar-refractivity contribution in [3.05, 3.63) is 34.8 Å². The van der Waals surface area contributed by atoms with E-state index in [4.69, 9.17) is 0 Å². The van der Waals surface area contributed by atoms with Crippen LogP contribution in [0.4, 0.5) is 0 Å². The van der Waals surface area contributed by atoms with Gasteiger partial charge in [0, 0.05) is 12.3 Å². The third-order valence-electron chi connectivity index (χ3n) is 1.53. The van der Waals surface area contributed by atoms with Gasteiger partial charge < -0.3 is 4.98 Å². The summed E-state index contributed by atoms with van der Waals surface area (Å²) in [6, 6.07) is 3.70. The SMILES string of the molecule is O=Cc1ccc[s+]1-c1ncc[nH]1. The van der Waals surface area contributed by atoms with E-state index in [1.807, 2.05) is 17.5 Å². The maximum absolute atomic E-state index is 10.6. The van der Waals surface area contributed by atoms with Crippen LogP contribution in [0.25, 0.3) is 5.16 Å². The molecule has 2 rings (SSSR count). The Hall–Kier alpha value is -1.42. The number of thiophene rings is 1. The number of hydrogen-bond acceptors (Lipinski definition) is 2. The van der Waals surface area contributed by atoms with E-state index in [0.717, 1.165) is 16.3 Å². The molecule has 1 unspecified atom stereocenters. The molecule has 0 amide bonds. The van der Waals surface area contributed by atoms with Gasteiger partial charge in [0.1, 0.15) is 5.38 Å². The summed E-state index contributed by atoms with van der Waals surface area (Å²) < 4.78 is 0. The second-order valence-corrected chi connectivity index (χ2v) is 4.05. The van der Waals surface area contributed by atoms with Crippen molar-refractivity contribution in [2.75, 3.05) is 0 Å². The molecule has 1 N–H and O–H groups in total. The van der Waals surface area contributed by atoms with Crippen molar-refractivity contribution in [3.8, 4) is 5.16 Å². The molecule has 3 nitrogen and oxygen atoms in total. The average molecular weight is 179 g/mol. The summed E-state index contributed by atoms with van der Waals surface area (Å²) in [5, 5.41) is 2.82. The average Bonchev–Trinajstić information content (AvgIpc) is 2.74. The molecule has 0 aromatic carbocycles. The third-order valence-corrected chi connectivity index (χ3v) is 3.34. The number of H-pyrrole nitrogens is 1. The molecule has 4 heteroatoms. The molecule has 0 radical (unpaired) electrons.